The van der Waals surface area contributed by atoms with Crippen LogP contribution in [0.1, 0.15) is 85.8 Å². The van der Waals surface area contributed by atoms with Gasteiger partial charge in [0, 0.05) is 18.5 Å². The first-order valence-electron chi connectivity index (χ1n) is 17.4. The van der Waals surface area contributed by atoms with Gasteiger partial charge >= 0.3 is 5.97 Å². The first-order chi connectivity index (χ1) is 22.6. The van der Waals surface area contributed by atoms with Gasteiger partial charge in [0.25, 0.3) is 0 Å². The molecule has 48 heavy (non-hydrogen) atoms. The van der Waals surface area contributed by atoms with Crippen molar-refractivity contribution in [3.05, 3.63) is 60.2 Å². The Balaban J connectivity index is 1.64. The summed E-state index contributed by atoms with van der Waals surface area (Å²) in [6.45, 7) is 14.5. The van der Waals surface area contributed by atoms with Crippen molar-refractivity contribution in [2.45, 2.75) is 110 Å². The molecule has 1 aromatic rings. The number of cyclic esters (lactones) is 1. The van der Waals surface area contributed by atoms with E-state index in [0.717, 1.165) is 0 Å². The number of allylic oxidation sites excluding steroid dienone is 1. The Morgan fingerprint density at radius 2 is 1.75 bits per heavy atom. The molecule has 2 fully saturated rings. The zero-order valence-electron chi connectivity index (χ0n) is 29.5. The van der Waals surface area contributed by atoms with Gasteiger partial charge in [-0.25, -0.2) is 0 Å². The van der Waals surface area contributed by atoms with Crippen LogP contribution in [0.4, 0.5) is 0 Å². The van der Waals surface area contributed by atoms with Crippen molar-refractivity contribution in [2.75, 3.05) is 19.7 Å². The number of benzene rings is 1. The van der Waals surface area contributed by atoms with Gasteiger partial charge in [0.1, 0.15) is 23.7 Å². The van der Waals surface area contributed by atoms with E-state index in [-0.39, 0.29) is 42.7 Å². The normalized spacial score (nSPS) is 31.8. The first-order valence-corrected chi connectivity index (χ1v) is 17.4. The monoisotopic (exact) mass is 663 g/mol. The van der Waals surface area contributed by atoms with E-state index in [0.29, 0.717) is 31.4 Å². The largest absolute Gasteiger partial charge is 0.455 e. The summed E-state index contributed by atoms with van der Waals surface area (Å²) in [5.74, 6) is -3.73. The van der Waals surface area contributed by atoms with E-state index in [1.165, 1.54) is 4.90 Å². The van der Waals surface area contributed by atoms with Crippen molar-refractivity contribution in [3.63, 3.8) is 0 Å². The molecule has 3 amide bonds. The molecule has 4 aliphatic heterocycles. The number of carbonyl (C=O) groups is 4. The smallest absolute Gasteiger partial charge is 0.313 e. The minimum atomic E-state index is -1.48. The summed E-state index contributed by atoms with van der Waals surface area (Å²) in [7, 11) is 0. The summed E-state index contributed by atoms with van der Waals surface area (Å²) in [5.41, 5.74) is -1.42. The predicted octanol–water partition coefficient (Wildman–Crippen LogP) is 4.34. The van der Waals surface area contributed by atoms with Crippen molar-refractivity contribution in [2.24, 2.45) is 23.2 Å². The molecule has 2 saturated heterocycles. The van der Waals surface area contributed by atoms with Gasteiger partial charge in [-0.3, -0.25) is 19.2 Å². The van der Waals surface area contributed by atoms with Gasteiger partial charge < -0.3 is 29.7 Å². The second kappa shape index (κ2) is 13.8. The molecule has 2 N–H and O–H groups in total. The van der Waals surface area contributed by atoms with E-state index in [4.69, 9.17) is 9.47 Å². The van der Waals surface area contributed by atoms with Crippen LogP contribution >= 0.6 is 0 Å². The second-order valence-corrected chi connectivity index (χ2v) is 15.7. The van der Waals surface area contributed by atoms with E-state index in [1.807, 2.05) is 75.1 Å². The second-order valence-electron chi connectivity index (χ2n) is 15.7. The number of fused-ring (bicyclic) bond motifs is 2. The molecule has 0 radical (unpaired) electrons. The third-order valence-corrected chi connectivity index (χ3v) is 10.5. The van der Waals surface area contributed by atoms with Gasteiger partial charge in [-0.1, -0.05) is 95.7 Å². The maximum atomic E-state index is 15.0. The molecular formula is C38H53N3O7. The van der Waals surface area contributed by atoms with Crippen LogP contribution in [0.2, 0.25) is 0 Å². The number of aliphatic hydroxyl groups is 1. The van der Waals surface area contributed by atoms with Crippen molar-refractivity contribution in [3.8, 4) is 0 Å². The first kappa shape index (κ1) is 35.8. The number of likely N-dealkylation sites (tertiary alicyclic amines) is 1. The molecule has 4 heterocycles. The Kier molecular flexibility index (Phi) is 10.3. The van der Waals surface area contributed by atoms with Crippen molar-refractivity contribution >= 4 is 23.7 Å². The number of ether oxygens (including phenoxy) is 2. The third-order valence-electron chi connectivity index (χ3n) is 10.5. The molecule has 262 valence electrons. The fourth-order valence-electron chi connectivity index (χ4n) is 8.46. The van der Waals surface area contributed by atoms with Crippen LogP contribution in [-0.4, -0.2) is 87.6 Å². The van der Waals surface area contributed by atoms with Crippen molar-refractivity contribution in [1.82, 2.24) is 15.1 Å². The zero-order chi connectivity index (χ0) is 35.0. The number of carbonyl (C=O) groups excluding carboxylic acids is 4. The lowest BCUT2D eigenvalue weighted by Gasteiger charge is -2.46. The number of amides is 3. The fraction of sp³-hybridized carbons (Fsp3) is 0.632. The van der Waals surface area contributed by atoms with Crippen LogP contribution in [0, 0.1) is 23.2 Å². The van der Waals surface area contributed by atoms with E-state index >= 15 is 4.79 Å². The summed E-state index contributed by atoms with van der Waals surface area (Å²) in [4.78, 5) is 60.4. The Hall–Kier alpha value is -3.50. The molecule has 10 heteroatoms. The number of nitrogens with one attached hydrogen (secondary N) is 1. The molecule has 1 spiro atoms. The fourth-order valence-corrected chi connectivity index (χ4v) is 8.46. The lowest BCUT2D eigenvalue weighted by molar-refractivity contribution is -0.161. The highest BCUT2D eigenvalue weighted by Crippen LogP contribution is 2.54. The Bertz CT molecular complexity index is 1430. The summed E-state index contributed by atoms with van der Waals surface area (Å²) in [6.07, 6.45) is 7.60. The van der Waals surface area contributed by atoms with Crippen LogP contribution < -0.4 is 5.32 Å². The number of nitrogens with zero attached hydrogens (tertiary/aromatic N) is 2. The SMILES string of the molecule is CC[C@H](C)[C@H](CO)N1C(=O)[C@@H]2[C@H]3C(=O)O[C@H](c4ccccc4)CNC(=O)CC/C=C\[C@H]3O[C@@]23C=CCN(C(C)(C)CC(C)(C)C)C(=O)[C@@H]13. The topological polar surface area (TPSA) is 125 Å². The average molecular weight is 664 g/mol. The molecule has 4 aliphatic rings. The molecule has 0 bridgehead atoms. The maximum Gasteiger partial charge on any atom is 0.313 e. The molecule has 0 aromatic heterocycles. The summed E-state index contributed by atoms with van der Waals surface area (Å²) in [6, 6.07) is 7.43. The quantitative estimate of drug-likeness (QED) is 0.329. The highest BCUT2D eigenvalue weighted by molar-refractivity contribution is 5.99. The molecule has 10 nitrogen and oxygen atoms in total. The van der Waals surface area contributed by atoms with Crippen LogP contribution in [0.3, 0.4) is 0 Å². The standard InChI is InChI=1S/C38H53N3O7/c1-8-24(2)26(22-42)41-32-34(45)40(37(6,7)23-36(3,4)5)20-14-19-38(32)31(33(41)44)30-27(48-38)17-12-13-18-29(43)39-21-28(47-35(30)46)25-15-10-9-11-16-25/h9-12,14-17,19,24,26-28,30-32,42H,8,13,18,20-23H2,1-7H3,(H,39,43)/b17-12-/t24-,26-,27+,28-,30-,31-,32+,38-/m0/s1. The van der Waals surface area contributed by atoms with Crippen LogP contribution in [-0.2, 0) is 28.7 Å². The van der Waals surface area contributed by atoms with Gasteiger partial charge in [-0.2, -0.15) is 0 Å². The lowest BCUT2D eigenvalue weighted by atomic mass is 9.77. The highest BCUT2D eigenvalue weighted by atomic mass is 16.6. The number of esters is 1. The van der Waals surface area contributed by atoms with Gasteiger partial charge in [-0.05, 0) is 43.6 Å². The zero-order valence-corrected chi connectivity index (χ0v) is 29.5. The van der Waals surface area contributed by atoms with Crippen LogP contribution in [0.5, 0.6) is 0 Å². The van der Waals surface area contributed by atoms with Gasteiger partial charge in [0.05, 0.1) is 31.2 Å². The number of aliphatic hydroxyl groups excluding tert-OH is 1. The molecule has 1 aromatic carbocycles. The van der Waals surface area contributed by atoms with E-state index in [1.54, 1.807) is 12.2 Å². The summed E-state index contributed by atoms with van der Waals surface area (Å²) < 4.78 is 13.1. The highest BCUT2D eigenvalue weighted by Gasteiger charge is 2.73. The number of rotatable bonds is 7. The van der Waals surface area contributed by atoms with Crippen molar-refractivity contribution in [1.29, 1.82) is 0 Å². The minimum Gasteiger partial charge on any atom is -0.455 e. The molecule has 0 saturated carbocycles. The van der Waals surface area contributed by atoms with E-state index in [2.05, 4.69) is 26.1 Å². The van der Waals surface area contributed by atoms with E-state index in [9.17, 15) is 19.5 Å². The van der Waals surface area contributed by atoms with Gasteiger partial charge in [0.2, 0.25) is 17.7 Å². The molecule has 5 rings (SSSR count). The third kappa shape index (κ3) is 6.70. The Morgan fingerprint density at radius 3 is 2.40 bits per heavy atom. The number of hydrogen-bond donors (Lipinski definition) is 2. The van der Waals surface area contributed by atoms with E-state index < -0.39 is 59.1 Å². The molecular weight excluding hydrogens is 610 g/mol. The lowest BCUT2D eigenvalue weighted by Crippen LogP contribution is -2.62. The van der Waals surface area contributed by atoms with Gasteiger partial charge in [-0.15, -0.1) is 0 Å². The van der Waals surface area contributed by atoms with Crippen molar-refractivity contribution < 1.29 is 33.8 Å². The average Bonchev–Trinajstić information content (AvgIpc) is 3.40. The van der Waals surface area contributed by atoms with Crippen LogP contribution in [0.15, 0.2) is 54.6 Å². The maximum absolute atomic E-state index is 15.0. The molecule has 0 unspecified atom stereocenters. The summed E-state index contributed by atoms with van der Waals surface area (Å²) in [5, 5.41) is 13.6. The molecule has 8 atom stereocenters. The van der Waals surface area contributed by atoms with Gasteiger partial charge in [0.15, 0.2) is 0 Å². The predicted molar refractivity (Wildman–Crippen MR) is 181 cm³/mol. The van der Waals surface area contributed by atoms with Crippen LogP contribution in [0.25, 0.3) is 0 Å². The Labute approximate surface area is 284 Å². The molecule has 0 aliphatic carbocycles. The summed E-state index contributed by atoms with van der Waals surface area (Å²) >= 11 is 0. The number of hydrogen-bond acceptors (Lipinski definition) is 7. The Morgan fingerprint density at radius 1 is 1.04 bits per heavy atom. The minimum absolute atomic E-state index is 0.0753.